The van der Waals surface area contributed by atoms with Crippen LogP contribution in [0.25, 0.3) is 0 Å². The Hall–Kier alpha value is -1.11. The van der Waals surface area contributed by atoms with Gasteiger partial charge in [-0.1, -0.05) is 0 Å². The lowest BCUT2D eigenvalue weighted by Crippen LogP contribution is -2.31. The average Bonchev–Trinajstić information content (AvgIpc) is 2.01. The summed E-state index contributed by atoms with van der Waals surface area (Å²) in [5.41, 5.74) is 0. The van der Waals surface area contributed by atoms with Gasteiger partial charge in [-0.05, 0) is 13.8 Å². The Morgan fingerprint density at radius 3 is 2.33 bits per heavy atom. The molecule has 0 aliphatic rings. The number of amides is 2. The Morgan fingerprint density at radius 2 is 1.87 bits per heavy atom. The smallest absolute Gasteiger partial charge is 0.449 e. The number of ether oxygens (including phenoxy) is 1. The molecule has 0 aromatic rings. The average molecular weight is 241 g/mol. The molecule has 0 spiro atoms. The highest BCUT2D eigenvalue weighted by molar-refractivity contribution is 7.48. The molecule has 9 heteroatoms. The van der Waals surface area contributed by atoms with Crippen molar-refractivity contribution >= 4 is 20.0 Å². The maximum atomic E-state index is 10.9. The van der Waals surface area contributed by atoms with Gasteiger partial charge in [0.15, 0.2) is 0 Å². The van der Waals surface area contributed by atoms with Crippen molar-refractivity contribution in [2.75, 3.05) is 13.2 Å². The molecule has 0 aromatic heterocycles. The van der Waals surface area contributed by atoms with E-state index in [0.717, 1.165) is 0 Å². The summed E-state index contributed by atoms with van der Waals surface area (Å²) in [6.45, 7) is 2.92. The van der Waals surface area contributed by atoms with Crippen LogP contribution < -0.4 is 5.32 Å². The molecule has 15 heavy (non-hydrogen) atoms. The van der Waals surface area contributed by atoms with E-state index in [4.69, 9.17) is 4.89 Å². The number of carbonyl (C=O) groups is 2. The van der Waals surface area contributed by atoms with Crippen LogP contribution >= 0.6 is 7.82 Å². The van der Waals surface area contributed by atoms with Gasteiger partial charge in [0, 0.05) is 0 Å². The molecule has 2 amide bonds. The topological polar surface area (TPSA) is 111 Å². The molecule has 0 radical (unpaired) electrons. The minimum absolute atomic E-state index is 0.0569. The fourth-order valence-corrected chi connectivity index (χ4v) is 1.20. The third-order valence-electron chi connectivity index (χ3n) is 0.970. The number of hydrogen-bond donors (Lipinski definition) is 2. The molecule has 1 unspecified atom stereocenters. The minimum atomic E-state index is -4.44. The second-order valence-electron chi connectivity index (χ2n) is 2.11. The van der Waals surface area contributed by atoms with Gasteiger partial charge in [-0.25, -0.2) is 19.5 Å². The normalized spacial score (nSPS) is 13.8. The van der Waals surface area contributed by atoms with E-state index in [1.54, 1.807) is 5.32 Å². The maximum absolute atomic E-state index is 10.9. The van der Waals surface area contributed by atoms with E-state index in [1.165, 1.54) is 13.8 Å². The Bertz CT molecular complexity index is 279. The number of alkyl carbamates (subject to hydrolysis) is 1. The van der Waals surface area contributed by atoms with Gasteiger partial charge in [0.2, 0.25) is 0 Å². The number of carbonyl (C=O) groups excluding carboxylic acids is 2. The molecule has 8 nitrogen and oxygen atoms in total. The highest BCUT2D eigenvalue weighted by atomic mass is 31.2. The lowest BCUT2D eigenvalue weighted by Gasteiger charge is -2.10. The van der Waals surface area contributed by atoms with Crippen LogP contribution in [0.4, 0.5) is 9.59 Å². The van der Waals surface area contributed by atoms with E-state index in [1.807, 2.05) is 0 Å². The molecule has 1 atom stereocenters. The molecule has 0 saturated carbocycles. The van der Waals surface area contributed by atoms with E-state index in [0.29, 0.717) is 0 Å². The molecular formula is C6H12NO7P. The molecular weight excluding hydrogens is 229 g/mol. The van der Waals surface area contributed by atoms with Crippen LogP contribution in [-0.2, 0) is 18.3 Å². The van der Waals surface area contributed by atoms with Crippen molar-refractivity contribution in [1.82, 2.24) is 5.32 Å². The number of hydrogen-bond acceptors (Lipinski definition) is 6. The number of phosphoric ester groups is 1. The van der Waals surface area contributed by atoms with E-state index in [9.17, 15) is 14.2 Å². The Kier molecular flexibility index (Phi) is 5.92. The zero-order valence-corrected chi connectivity index (χ0v) is 9.15. The zero-order valence-electron chi connectivity index (χ0n) is 8.26. The summed E-state index contributed by atoms with van der Waals surface area (Å²) in [5.74, 6) is 0. The lowest BCUT2D eigenvalue weighted by molar-refractivity contribution is 0.136. The zero-order chi connectivity index (χ0) is 11.9. The Labute approximate surface area is 86.1 Å². The SMILES string of the molecule is CCOC(=O)NC(=O)OP(=O)(O)OCC. The molecule has 2 N–H and O–H groups in total. The first-order valence-corrected chi connectivity index (χ1v) is 5.55. The van der Waals surface area contributed by atoms with Gasteiger partial charge in [-0.2, -0.15) is 0 Å². The van der Waals surface area contributed by atoms with Crippen molar-refractivity contribution in [2.24, 2.45) is 0 Å². The summed E-state index contributed by atoms with van der Waals surface area (Å²) in [5, 5.41) is 1.56. The van der Waals surface area contributed by atoms with Gasteiger partial charge in [0.05, 0.1) is 13.2 Å². The van der Waals surface area contributed by atoms with Crippen LogP contribution in [0.3, 0.4) is 0 Å². The highest BCUT2D eigenvalue weighted by Crippen LogP contribution is 2.42. The van der Waals surface area contributed by atoms with Crippen molar-refractivity contribution in [3.63, 3.8) is 0 Å². The van der Waals surface area contributed by atoms with Gasteiger partial charge in [0.1, 0.15) is 0 Å². The van der Waals surface area contributed by atoms with Crippen molar-refractivity contribution in [3.8, 4) is 0 Å². The molecule has 0 rings (SSSR count). The number of imide groups is 1. The van der Waals surface area contributed by atoms with E-state index >= 15 is 0 Å². The second-order valence-corrected chi connectivity index (χ2v) is 3.49. The summed E-state index contributed by atoms with van der Waals surface area (Å²) in [6, 6.07) is 0. The molecule has 0 heterocycles. The molecule has 0 aliphatic heterocycles. The summed E-state index contributed by atoms with van der Waals surface area (Å²) >= 11 is 0. The number of phosphoric acid groups is 1. The number of nitrogens with one attached hydrogen (secondary N) is 1. The monoisotopic (exact) mass is 241 g/mol. The van der Waals surface area contributed by atoms with Crippen molar-refractivity contribution in [3.05, 3.63) is 0 Å². The van der Waals surface area contributed by atoms with Crippen LogP contribution in [-0.4, -0.2) is 30.3 Å². The van der Waals surface area contributed by atoms with Crippen LogP contribution in [0.15, 0.2) is 0 Å². The first-order chi connectivity index (χ1) is 6.91. The molecule has 0 aliphatic carbocycles. The van der Waals surface area contributed by atoms with Crippen molar-refractivity contribution in [2.45, 2.75) is 13.8 Å². The first-order valence-electron chi connectivity index (χ1n) is 4.06. The molecule has 0 bridgehead atoms. The third kappa shape index (κ3) is 6.89. The predicted molar refractivity (Wildman–Crippen MR) is 48.1 cm³/mol. The lowest BCUT2D eigenvalue weighted by atomic mass is 10.9. The quantitative estimate of drug-likeness (QED) is 0.706. The van der Waals surface area contributed by atoms with Gasteiger partial charge in [-0.15, -0.1) is 0 Å². The Balaban J connectivity index is 4.03. The van der Waals surface area contributed by atoms with E-state index < -0.39 is 20.0 Å². The summed E-state index contributed by atoms with van der Waals surface area (Å²) in [4.78, 5) is 30.2. The van der Waals surface area contributed by atoms with Crippen LogP contribution in [0.2, 0.25) is 0 Å². The predicted octanol–water partition coefficient (Wildman–Crippen LogP) is 1.01. The van der Waals surface area contributed by atoms with Gasteiger partial charge >= 0.3 is 20.0 Å². The van der Waals surface area contributed by atoms with Crippen molar-refractivity contribution < 1.29 is 32.8 Å². The fourth-order valence-electron chi connectivity index (χ4n) is 0.568. The van der Waals surface area contributed by atoms with E-state index in [-0.39, 0.29) is 13.2 Å². The molecule has 0 fully saturated rings. The van der Waals surface area contributed by atoms with Crippen LogP contribution in [0.1, 0.15) is 13.8 Å². The molecule has 88 valence electrons. The summed E-state index contributed by atoms with van der Waals surface area (Å²) in [7, 11) is -4.44. The summed E-state index contributed by atoms with van der Waals surface area (Å²) < 4.78 is 23.3. The second kappa shape index (κ2) is 6.39. The van der Waals surface area contributed by atoms with Gasteiger partial charge in [0.25, 0.3) is 0 Å². The Morgan fingerprint density at radius 1 is 1.27 bits per heavy atom. The largest absolute Gasteiger partial charge is 0.530 e. The number of rotatable bonds is 4. The molecule has 0 aromatic carbocycles. The van der Waals surface area contributed by atoms with E-state index in [2.05, 4.69) is 13.8 Å². The fraction of sp³-hybridized carbons (Fsp3) is 0.667. The minimum Gasteiger partial charge on any atom is -0.449 e. The third-order valence-corrected chi connectivity index (χ3v) is 1.95. The first kappa shape index (κ1) is 13.9. The highest BCUT2D eigenvalue weighted by Gasteiger charge is 2.26. The molecule has 0 saturated heterocycles. The van der Waals surface area contributed by atoms with Crippen LogP contribution in [0, 0.1) is 0 Å². The summed E-state index contributed by atoms with van der Waals surface area (Å²) in [6.07, 6.45) is -2.48. The van der Waals surface area contributed by atoms with Crippen molar-refractivity contribution in [1.29, 1.82) is 0 Å². The van der Waals surface area contributed by atoms with Crippen LogP contribution in [0.5, 0.6) is 0 Å². The standard InChI is InChI=1S/C6H12NO7P/c1-3-12-5(8)7-6(9)14-15(10,11)13-4-2/h3-4H2,1-2H3,(H,10,11)(H,7,8,9). The van der Waals surface area contributed by atoms with Gasteiger partial charge in [-0.3, -0.25) is 9.42 Å². The van der Waals surface area contributed by atoms with Gasteiger partial charge < -0.3 is 9.26 Å². The maximum Gasteiger partial charge on any atom is 0.530 e.